The van der Waals surface area contributed by atoms with E-state index in [0.717, 1.165) is 54.7 Å². The Morgan fingerprint density at radius 1 is 0.808 bits per heavy atom. The summed E-state index contributed by atoms with van der Waals surface area (Å²) in [5.41, 5.74) is 5.39. The summed E-state index contributed by atoms with van der Waals surface area (Å²) in [6.07, 6.45) is 0.594. The van der Waals surface area contributed by atoms with Gasteiger partial charge in [0.25, 0.3) is 0 Å². The number of H-pyrrole nitrogens is 1. The number of anilines is 1. The number of ether oxygens (including phenoxy) is 3. The van der Waals surface area contributed by atoms with Crippen LogP contribution in [0.2, 0.25) is 0 Å². The summed E-state index contributed by atoms with van der Waals surface area (Å²) < 4.78 is 31.6. The minimum Gasteiger partial charge on any atom is -0.506 e. The van der Waals surface area contributed by atoms with Crippen molar-refractivity contribution >= 4 is 34.7 Å². The van der Waals surface area contributed by atoms with Crippen molar-refractivity contribution in [2.24, 2.45) is 5.92 Å². The number of aromatic amines is 1. The number of alkyl carbamates (subject to hydrolysis) is 1. The van der Waals surface area contributed by atoms with Crippen molar-refractivity contribution in [3.05, 3.63) is 207 Å². The zero-order valence-electron chi connectivity index (χ0n) is 40.0. The fourth-order valence-corrected chi connectivity index (χ4v) is 9.34. The monoisotopic (exact) mass is 988 g/mol. The van der Waals surface area contributed by atoms with E-state index < -0.39 is 36.1 Å². The van der Waals surface area contributed by atoms with Gasteiger partial charge in [0.1, 0.15) is 36.6 Å². The highest BCUT2D eigenvalue weighted by atomic mass is 19.1. The number of carbonyl (C=O) groups is 3. The minimum absolute atomic E-state index is 0.0399. The molecule has 376 valence electrons. The van der Waals surface area contributed by atoms with Crippen LogP contribution in [-0.4, -0.2) is 88.5 Å². The number of esters is 1. The Hall–Kier alpha value is -8.05. The largest absolute Gasteiger partial charge is 0.506 e. The Kier molecular flexibility index (Phi) is 16.0. The summed E-state index contributed by atoms with van der Waals surface area (Å²) in [6, 6.07) is 42.2. The quantitative estimate of drug-likeness (QED) is 0.0425. The highest BCUT2D eigenvalue weighted by molar-refractivity contribution is 5.90. The molecule has 3 aliphatic rings. The number of benzene rings is 6. The number of aromatic nitrogens is 1. The Morgan fingerprint density at radius 2 is 1.53 bits per heavy atom. The van der Waals surface area contributed by atoms with Crippen molar-refractivity contribution < 1.29 is 43.2 Å². The third-order valence-electron chi connectivity index (χ3n) is 13.3. The molecule has 3 unspecified atom stereocenters. The van der Waals surface area contributed by atoms with Crippen LogP contribution in [0.3, 0.4) is 0 Å². The standard InChI is InChI=1S/C57H57FN6O9/c58-44-17-11-38(12-18-44)34-64(56(69)60-45-19-13-37(14-20-45)32-59-33-50(66)47-21-23-49(65)54-48(47)22-24-52(67)61-54)29-30-71-55(68)42-15-9-39(10-16-42)36-72-46-8-4-7-43(31-46)53(41-5-2-1-3-6-41)62-57(70)73-51-35-63-27-25-40(51)26-28-63/h1-24,31,40,50-51,53,59,65-66H,25-30,32-36H2,(H,60,69)(H,61,67)(H,62,70). The maximum absolute atomic E-state index is 13.8. The molecule has 2 bridgehead atoms. The van der Waals surface area contributed by atoms with E-state index in [1.54, 1.807) is 60.7 Å². The lowest BCUT2D eigenvalue weighted by atomic mass is 9.86. The lowest BCUT2D eigenvalue weighted by Crippen LogP contribution is -2.52. The second-order valence-electron chi connectivity index (χ2n) is 18.4. The number of urea groups is 1. The van der Waals surface area contributed by atoms with Gasteiger partial charge in [-0.2, -0.15) is 0 Å². The van der Waals surface area contributed by atoms with Crippen LogP contribution in [0.4, 0.5) is 19.7 Å². The molecule has 0 radical (unpaired) electrons. The number of fused-ring (bicyclic) bond motifs is 4. The van der Waals surface area contributed by atoms with Crippen LogP contribution in [0.25, 0.3) is 10.9 Å². The van der Waals surface area contributed by atoms with Gasteiger partial charge in [-0.05, 0) is 126 Å². The number of hydrogen-bond acceptors (Lipinski definition) is 11. The van der Waals surface area contributed by atoms with Crippen molar-refractivity contribution in [3.63, 3.8) is 0 Å². The number of nitrogens with one attached hydrogen (secondary N) is 4. The number of aromatic hydroxyl groups is 1. The summed E-state index contributed by atoms with van der Waals surface area (Å²) in [5, 5.41) is 30.9. The Bertz CT molecular complexity index is 3060. The minimum atomic E-state index is -0.926. The molecule has 16 heteroatoms. The molecule has 3 fully saturated rings. The SMILES string of the molecule is O=C(NC(c1ccccc1)c1cccc(OCc2ccc(C(=O)OCCN(Cc3ccc(F)cc3)C(=O)Nc3ccc(CNCC(O)c4ccc(O)c5[nH]c(=O)ccc45)cc3)cc2)c1)OC1CN2CCC1CC2. The number of nitrogens with zero attached hydrogens (tertiary/aromatic N) is 2. The van der Waals surface area contributed by atoms with Crippen molar-refractivity contribution in [2.75, 3.05) is 44.6 Å². The first-order valence-corrected chi connectivity index (χ1v) is 24.4. The van der Waals surface area contributed by atoms with E-state index in [1.807, 2.05) is 66.7 Å². The topological polar surface area (TPSA) is 195 Å². The molecule has 0 aliphatic carbocycles. The van der Waals surface area contributed by atoms with Crippen molar-refractivity contribution in [3.8, 4) is 11.5 Å². The number of aliphatic hydroxyl groups excluding tert-OH is 1. The van der Waals surface area contributed by atoms with E-state index in [2.05, 4.69) is 25.8 Å². The van der Waals surface area contributed by atoms with E-state index in [9.17, 15) is 33.8 Å². The molecule has 3 aliphatic heterocycles. The molecule has 3 saturated heterocycles. The number of phenols is 1. The van der Waals surface area contributed by atoms with E-state index in [0.29, 0.717) is 46.0 Å². The molecule has 73 heavy (non-hydrogen) atoms. The number of piperidine rings is 3. The lowest BCUT2D eigenvalue weighted by Gasteiger charge is -2.43. The first-order valence-electron chi connectivity index (χ1n) is 24.4. The molecular weight excluding hydrogens is 932 g/mol. The summed E-state index contributed by atoms with van der Waals surface area (Å²) in [7, 11) is 0. The van der Waals surface area contributed by atoms with Gasteiger partial charge in [-0.25, -0.2) is 18.8 Å². The van der Waals surface area contributed by atoms with E-state index in [4.69, 9.17) is 14.2 Å². The lowest BCUT2D eigenvalue weighted by molar-refractivity contribution is -0.0336. The predicted molar refractivity (Wildman–Crippen MR) is 274 cm³/mol. The molecule has 0 saturated carbocycles. The molecule has 7 aromatic rings. The van der Waals surface area contributed by atoms with Gasteiger partial charge in [-0.3, -0.25) is 9.69 Å². The molecule has 4 heterocycles. The van der Waals surface area contributed by atoms with Crippen LogP contribution in [0, 0.1) is 11.7 Å². The predicted octanol–water partition coefficient (Wildman–Crippen LogP) is 8.58. The molecule has 6 N–H and O–H groups in total. The zero-order valence-corrected chi connectivity index (χ0v) is 40.0. The summed E-state index contributed by atoms with van der Waals surface area (Å²) in [5.74, 6) is -0.0718. The van der Waals surface area contributed by atoms with Gasteiger partial charge >= 0.3 is 18.1 Å². The fourth-order valence-electron chi connectivity index (χ4n) is 9.34. The third kappa shape index (κ3) is 13.1. The molecular formula is C57H57FN6O9. The zero-order chi connectivity index (χ0) is 50.7. The molecule has 10 rings (SSSR count). The Balaban J connectivity index is 0.758. The number of phenolic OH excluding ortho intramolecular Hbond substituents is 1. The molecule has 0 spiro atoms. The van der Waals surface area contributed by atoms with Gasteiger partial charge in [0.05, 0.1) is 29.8 Å². The summed E-state index contributed by atoms with van der Waals surface area (Å²) in [6.45, 7) is 3.74. The van der Waals surface area contributed by atoms with Gasteiger partial charge in [0.2, 0.25) is 5.56 Å². The van der Waals surface area contributed by atoms with Crippen molar-refractivity contribution in [1.29, 1.82) is 0 Å². The van der Waals surface area contributed by atoms with Crippen LogP contribution in [-0.2, 0) is 29.2 Å². The number of carbonyl (C=O) groups excluding carboxylic acids is 3. The fraction of sp³-hybridized carbons (Fsp3) is 0.263. The molecule has 3 amide bonds. The average Bonchev–Trinajstić information content (AvgIpc) is 3.41. The van der Waals surface area contributed by atoms with Crippen LogP contribution in [0.15, 0.2) is 156 Å². The van der Waals surface area contributed by atoms with Gasteiger partial charge in [0.15, 0.2) is 0 Å². The second-order valence-corrected chi connectivity index (χ2v) is 18.4. The third-order valence-corrected chi connectivity index (χ3v) is 13.3. The van der Waals surface area contributed by atoms with Crippen LogP contribution < -0.4 is 26.2 Å². The molecule has 15 nitrogen and oxygen atoms in total. The molecule has 3 atom stereocenters. The number of amides is 3. The van der Waals surface area contributed by atoms with Crippen LogP contribution in [0.1, 0.15) is 68.7 Å². The van der Waals surface area contributed by atoms with Crippen molar-refractivity contribution in [1.82, 2.24) is 25.4 Å². The molecule has 6 aromatic carbocycles. The van der Waals surface area contributed by atoms with Crippen molar-refractivity contribution in [2.45, 2.75) is 50.8 Å². The first kappa shape index (κ1) is 49.9. The Morgan fingerprint density at radius 3 is 2.27 bits per heavy atom. The highest BCUT2D eigenvalue weighted by Gasteiger charge is 2.37. The summed E-state index contributed by atoms with van der Waals surface area (Å²) in [4.78, 5) is 58.4. The summed E-state index contributed by atoms with van der Waals surface area (Å²) >= 11 is 0. The second kappa shape index (κ2) is 23.5. The number of hydrogen-bond donors (Lipinski definition) is 6. The normalized spacial score (nSPS) is 16.8. The maximum Gasteiger partial charge on any atom is 0.408 e. The number of halogens is 1. The molecule has 1 aromatic heterocycles. The van der Waals surface area contributed by atoms with Gasteiger partial charge in [-0.15, -0.1) is 0 Å². The highest BCUT2D eigenvalue weighted by Crippen LogP contribution is 2.32. The van der Waals surface area contributed by atoms with Crippen LogP contribution in [0.5, 0.6) is 11.5 Å². The van der Waals surface area contributed by atoms with Gasteiger partial charge in [0, 0.05) is 43.3 Å². The van der Waals surface area contributed by atoms with Gasteiger partial charge in [-0.1, -0.05) is 84.9 Å². The van der Waals surface area contributed by atoms with E-state index >= 15 is 0 Å². The smallest absolute Gasteiger partial charge is 0.408 e. The maximum atomic E-state index is 13.8. The average molecular weight is 989 g/mol. The van der Waals surface area contributed by atoms with Crippen LogP contribution >= 0.6 is 0 Å². The Labute approximate surface area is 421 Å². The van der Waals surface area contributed by atoms with E-state index in [-0.39, 0.29) is 55.8 Å². The number of aliphatic hydroxyl groups is 1. The number of pyridine rings is 1. The van der Waals surface area contributed by atoms with Gasteiger partial charge < -0.3 is 50.3 Å². The van der Waals surface area contributed by atoms with E-state index in [1.165, 1.54) is 29.2 Å². The number of rotatable bonds is 19. The first-order chi connectivity index (χ1) is 35.5.